The van der Waals surface area contributed by atoms with E-state index < -0.39 is 0 Å². The summed E-state index contributed by atoms with van der Waals surface area (Å²) < 4.78 is 12.4. The van der Waals surface area contributed by atoms with Crippen molar-refractivity contribution in [2.45, 2.75) is 0 Å². The van der Waals surface area contributed by atoms with Crippen molar-refractivity contribution in [3.05, 3.63) is 60.7 Å². The van der Waals surface area contributed by atoms with Crippen LogP contribution in [0.1, 0.15) is 0 Å². The summed E-state index contributed by atoms with van der Waals surface area (Å²) in [6.07, 6.45) is 0. The van der Waals surface area contributed by atoms with E-state index in [1.807, 2.05) is 24.3 Å². The summed E-state index contributed by atoms with van der Waals surface area (Å²) in [5.74, 6) is 0. The largest absolute Gasteiger partial charge is 0.456 e. The van der Waals surface area contributed by atoms with Gasteiger partial charge in [0.05, 0.1) is 0 Å². The molecule has 2 aliphatic heterocycles. The molecule has 2 heterocycles. The predicted molar refractivity (Wildman–Crippen MR) is 88.8 cm³/mol. The predicted octanol–water partition coefficient (Wildman–Crippen LogP) is 6.03. The molecule has 2 aliphatic rings. The highest BCUT2D eigenvalue weighted by atomic mass is 16.3. The smallest absolute Gasteiger partial charge is 0.136 e. The number of benzene rings is 4. The van der Waals surface area contributed by atoms with E-state index in [0.717, 1.165) is 33.1 Å². The van der Waals surface area contributed by atoms with E-state index in [9.17, 15) is 0 Å². The molecule has 0 N–H and O–H groups in total. The van der Waals surface area contributed by atoms with Gasteiger partial charge in [0, 0.05) is 21.9 Å². The SMILES string of the molecule is c1cc2ccc3oc4cccc5ccc6oc(c1)c2c3-c6c54. The molecule has 4 aromatic rings. The van der Waals surface area contributed by atoms with Gasteiger partial charge in [-0.05, 0) is 35.0 Å². The molecule has 0 aromatic heterocycles. The average molecular weight is 282 g/mol. The lowest BCUT2D eigenvalue weighted by Gasteiger charge is -2.19. The van der Waals surface area contributed by atoms with Gasteiger partial charge in [-0.2, -0.15) is 0 Å². The van der Waals surface area contributed by atoms with E-state index in [2.05, 4.69) is 36.4 Å². The summed E-state index contributed by atoms with van der Waals surface area (Å²) in [5, 5.41) is 4.66. The third-order valence-corrected chi connectivity index (χ3v) is 4.63. The molecule has 2 heteroatoms. The highest BCUT2D eigenvalue weighted by molar-refractivity contribution is 6.23. The summed E-state index contributed by atoms with van der Waals surface area (Å²) >= 11 is 0. The molecule has 2 nitrogen and oxygen atoms in total. The zero-order valence-electron chi connectivity index (χ0n) is 11.6. The molecule has 0 aliphatic carbocycles. The van der Waals surface area contributed by atoms with E-state index in [1.54, 1.807) is 0 Å². The quantitative estimate of drug-likeness (QED) is 0.251. The lowest BCUT2D eigenvalue weighted by Crippen LogP contribution is -1.93. The second-order valence-corrected chi connectivity index (χ2v) is 5.79. The fraction of sp³-hybridized carbons (Fsp3) is 0. The Hall–Kier alpha value is -3.00. The van der Waals surface area contributed by atoms with Gasteiger partial charge < -0.3 is 8.83 Å². The van der Waals surface area contributed by atoms with Crippen LogP contribution in [-0.4, -0.2) is 0 Å². The Kier molecular flexibility index (Phi) is 1.66. The van der Waals surface area contributed by atoms with E-state index in [-0.39, 0.29) is 0 Å². The molecular weight excluding hydrogens is 272 g/mol. The first-order chi connectivity index (χ1) is 10.9. The molecule has 0 bridgehead atoms. The minimum Gasteiger partial charge on any atom is -0.456 e. The zero-order valence-corrected chi connectivity index (χ0v) is 11.6. The number of hydrogen-bond donors (Lipinski definition) is 0. The normalized spacial score (nSPS) is 12.5. The minimum atomic E-state index is 0.907. The van der Waals surface area contributed by atoms with Crippen molar-refractivity contribution in [2.24, 2.45) is 0 Å². The van der Waals surface area contributed by atoms with E-state index >= 15 is 0 Å². The summed E-state index contributed by atoms with van der Waals surface area (Å²) in [4.78, 5) is 0. The van der Waals surface area contributed by atoms with Gasteiger partial charge in [0.15, 0.2) is 0 Å². The molecule has 4 aromatic carbocycles. The molecular formula is C20H10O2. The summed E-state index contributed by atoms with van der Waals surface area (Å²) in [7, 11) is 0. The maximum Gasteiger partial charge on any atom is 0.136 e. The summed E-state index contributed by atoms with van der Waals surface area (Å²) in [5.41, 5.74) is 5.97. The second kappa shape index (κ2) is 3.42. The number of hydrogen-bond acceptors (Lipinski definition) is 2. The highest BCUT2D eigenvalue weighted by Gasteiger charge is 2.23. The second-order valence-electron chi connectivity index (χ2n) is 5.79. The maximum atomic E-state index is 6.18. The van der Waals surface area contributed by atoms with Crippen LogP contribution in [0.3, 0.4) is 0 Å². The minimum absolute atomic E-state index is 0.907. The van der Waals surface area contributed by atoms with Gasteiger partial charge in [-0.25, -0.2) is 0 Å². The Morgan fingerprint density at radius 3 is 1.45 bits per heavy atom. The van der Waals surface area contributed by atoms with Gasteiger partial charge in [-0.3, -0.25) is 0 Å². The molecule has 6 rings (SSSR count). The van der Waals surface area contributed by atoms with Crippen LogP contribution in [0.2, 0.25) is 0 Å². The van der Waals surface area contributed by atoms with Crippen LogP contribution in [-0.2, 0) is 0 Å². The van der Waals surface area contributed by atoms with Gasteiger partial charge in [0.2, 0.25) is 0 Å². The van der Waals surface area contributed by atoms with Crippen molar-refractivity contribution in [2.75, 3.05) is 0 Å². The molecule has 102 valence electrons. The Balaban J connectivity index is 2.10. The molecule has 0 spiro atoms. The van der Waals surface area contributed by atoms with E-state index in [1.165, 1.54) is 21.9 Å². The first-order valence-corrected chi connectivity index (χ1v) is 7.38. The molecule has 0 saturated carbocycles. The Morgan fingerprint density at radius 2 is 0.955 bits per heavy atom. The molecule has 0 radical (unpaired) electrons. The highest BCUT2D eigenvalue weighted by Crippen LogP contribution is 2.47. The Morgan fingerprint density at radius 1 is 0.455 bits per heavy atom. The van der Waals surface area contributed by atoms with Gasteiger partial charge in [-0.15, -0.1) is 0 Å². The van der Waals surface area contributed by atoms with Crippen LogP contribution in [0.15, 0.2) is 69.5 Å². The third kappa shape index (κ3) is 1.10. The van der Waals surface area contributed by atoms with Crippen molar-refractivity contribution in [3.8, 4) is 11.1 Å². The van der Waals surface area contributed by atoms with Crippen molar-refractivity contribution in [1.29, 1.82) is 0 Å². The van der Waals surface area contributed by atoms with E-state index in [0.29, 0.717) is 0 Å². The van der Waals surface area contributed by atoms with Crippen molar-refractivity contribution in [1.82, 2.24) is 0 Å². The molecule has 0 saturated heterocycles. The van der Waals surface area contributed by atoms with Crippen molar-refractivity contribution < 1.29 is 8.83 Å². The average Bonchev–Trinajstić information content (AvgIpc) is 2.57. The fourth-order valence-corrected chi connectivity index (χ4v) is 3.73. The standard InChI is InChI=1S/C20H10O2/c1-3-11-7-9-16-19-17(11)13(5-1)21-15-10-8-12-4-2-6-14(22-16)18(12)20(15)19/h1-10H. The topological polar surface area (TPSA) is 26.3 Å². The van der Waals surface area contributed by atoms with Crippen LogP contribution in [0.25, 0.3) is 55.0 Å². The molecule has 0 unspecified atom stereocenters. The summed E-state index contributed by atoms with van der Waals surface area (Å²) in [6.45, 7) is 0. The summed E-state index contributed by atoms with van der Waals surface area (Å²) in [6, 6.07) is 20.7. The van der Waals surface area contributed by atoms with Gasteiger partial charge in [0.1, 0.15) is 22.3 Å². The van der Waals surface area contributed by atoms with Gasteiger partial charge >= 0.3 is 0 Å². The van der Waals surface area contributed by atoms with Crippen LogP contribution in [0, 0.1) is 0 Å². The van der Waals surface area contributed by atoms with Crippen LogP contribution in [0.5, 0.6) is 0 Å². The van der Waals surface area contributed by atoms with Gasteiger partial charge in [-0.1, -0.05) is 36.4 Å². The molecule has 0 fully saturated rings. The molecule has 0 amide bonds. The number of rotatable bonds is 0. The maximum absolute atomic E-state index is 6.18. The Labute approximate surface area is 125 Å². The Bertz CT molecular complexity index is 1170. The van der Waals surface area contributed by atoms with E-state index in [4.69, 9.17) is 8.83 Å². The van der Waals surface area contributed by atoms with Crippen molar-refractivity contribution in [3.63, 3.8) is 0 Å². The van der Waals surface area contributed by atoms with Crippen LogP contribution in [0.4, 0.5) is 0 Å². The zero-order chi connectivity index (χ0) is 14.3. The first kappa shape index (κ1) is 10.7. The first-order valence-electron chi connectivity index (χ1n) is 7.38. The van der Waals surface area contributed by atoms with Gasteiger partial charge in [0.25, 0.3) is 0 Å². The van der Waals surface area contributed by atoms with Crippen LogP contribution < -0.4 is 0 Å². The van der Waals surface area contributed by atoms with Crippen molar-refractivity contribution >= 4 is 43.9 Å². The lowest BCUT2D eigenvalue weighted by atomic mass is 9.90. The fourth-order valence-electron chi connectivity index (χ4n) is 3.73. The molecule has 0 atom stereocenters. The molecule has 22 heavy (non-hydrogen) atoms. The lowest BCUT2D eigenvalue weighted by molar-refractivity contribution is 0.646. The third-order valence-electron chi connectivity index (χ3n) is 4.63. The van der Waals surface area contributed by atoms with Crippen LogP contribution >= 0.6 is 0 Å². The monoisotopic (exact) mass is 282 g/mol.